The van der Waals surface area contributed by atoms with Gasteiger partial charge in [-0.15, -0.1) is 0 Å². The molecular formula is C22H23Cl2NO3. The van der Waals surface area contributed by atoms with Gasteiger partial charge in [-0.05, 0) is 80.5 Å². The van der Waals surface area contributed by atoms with Gasteiger partial charge in [0.1, 0.15) is 0 Å². The molecule has 2 atom stereocenters. The molecule has 148 valence electrons. The zero-order valence-electron chi connectivity index (χ0n) is 15.9. The summed E-state index contributed by atoms with van der Waals surface area (Å²) >= 11 is 12.1. The van der Waals surface area contributed by atoms with Gasteiger partial charge in [0.2, 0.25) is 0 Å². The molecule has 0 spiro atoms. The highest BCUT2D eigenvalue weighted by atomic mass is 35.5. The van der Waals surface area contributed by atoms with E-state index in [1.807, 2.05) is 19.1 Å². The second kappa shape index (κ2) is 8.97. The smallest absolute Gasteiger partial charge is 0.338 e. The second-order valence-corrected chi connectivity index (χ2v) is 7.98. The Kier molecular flexibility index (Phi) is 6.63. The molecule has 6 heteroatoms. The fraction of sp³-hybridized carbons (Fsp3) is 0.364. The molecule has 0 saturated carbocycles. The highest BCUT2D eigenvalue weighted by Gasteiger charge is 2.22. The SMILES string of the molecule is C[C@H](OC(=O)c1ccc2c(c1)CCCC2)C(=O)N[C@H](C)c1ccc(Cl)cc1Cl. The summed E-state index contributed by atoms with van der Waals surface area (Å²) in [6, 6.07) is 10.4. The largest absolute Gasteiger partial charge is 0.449 e. The van der Waals surface area contributed by atoms with E-state index in [2.05, 4.69) is 5.32 Å². The Labute approximate surface area is 175 Å². The van der Waals surface area contributed by atoms with Crippen molar-refractivity contribution in [1.82, 2.24) is 5.32 Å². The first kappa shape index (κ1) is 20.7. The average Bonchev–Trinajstić information content (AvgIpc) is 2.67. The zero-order chi connectivity index (χ0) is 20.3. The summed E-state index contributed by atoms with van der Waals surface area (Å²) in [5.74, 6) is -0.877. The molecule has 2 aromatic carbocycles. The van der Waals surface area contributed by atoms with Crippen LogP contribution < -0.4 is 5.32 Å². The van der Waals surface area contributed by atoms with Crippen molar-refractivity contribution in [3.05, 3.63) is 68.7 Å². The standard InChI is InChI=1S/C22H23Cl2NO3/c1-13(19-10-9-18(23)12-20(19)24)25-21(26)14(2)28-22(27)17-8-7-15-5-3-4-6-16(15)11-17/h7-14H,3-6H2,1-2H3,(H,25,26)/t13-,14+/m1/s1. The minimum atomic E-state index is -0.919. The molecule has 0 unspecified atom stereocenters. The van der Waals surface area contributed by atoms with E-state index in [1.165, 1.54) is 17.5 Å². The molecule has 0 radical (unpaired) electrons. The molecule has 0 heterocycles. The summed E-state index contributed by atoms with van der Waals surface area (Å²) in [5.41, 5.74) is 3.72. The molecule has 0 aromatic heterocycles. The number of amides is 1. The first-order chi connectivity index (χ1) is 13.3. The Morgan fingerprint density at radius 3 is 2.43 bits per heavy atom. The highest BCUT2D eigenvalue weighted by Crippen LogP contribution is 2.26. The molecule has 0 saturated heterocycles. The maximum atomic E-state index is 12.5. The molecule has 0 fully saturated rings. The van der Waals surface area contributed by atoms with Gasteiger partial charge in [0.25, 0.3) is 5.91 Å². The highest BCUT2D eigenvalue weighted by molar-refractivity contribution is 6.35. The van der Waals surface area contributed by atoms with E-state index in [-0.39, 0.29) is 11.9 Å². The molecule has 0 aliphatic heterocycles. The number of esters is 1. The van der Waals surface area contributed by atoms with Gasteiger partial charge in [0, 0.05) is 10.0 Å². The van der Waals surface area contributed by atoms with Gasteiger partial charge in [-0.3, -0.25) is 4.79 Å². The lowest BCUT2D eigenvalue weighted by Gasteiger charge is -2.20. The maximum absolute atomic E-state index is 12.5. The minimum absolute atomic E-state index is 0.345. The lowest BCUT2D eigenvalue weighted by molar-refractivity contribution is -0.129. The first-order valence-electron chi connectivity index (χ1n) is 9.43. The molecule has 0 bridgehead atoms. The molecule has 4 nitrogen and oxygen atoms in total. The Morgan fingerprint density at radius 2 is 1.71 bits per heavy atom. The Bertz CT molecular complexity index is 897. The van der Waals surface area contributed by atoms with E-state index in [0.29, 0.717) is 15.6 Å². The van der Waals surface area contributed by atoms with Crippen LogP contribution >= 0.6 is 23.2 Å². The number of carbonyl (C=O) groups excluding carboxylic acids is 2. The van der Waals surface area contributed by atoms with Crippen LogP contribution in [0.4, 0.5) is 0 Å². The molecule has 2 aromatic rings. The normalized spacial score (nSPS) is 15.3. The molecule has 1 amide bonds. The van der Waals surface area contributed by atoms with E-state index in [9.17, 15) is 9.59 Å². The van der Waals surface area contributed by atoms with Crippen molar-refractivity contribution in [1.29, 1.82) is 0 Å². The summed E-state index contributed by atoms with van der Waals surface area (Å²) in [6.07, 6.45) is 3.43. The molecular weight excluding hydrogens is 397 g/mol. The summed E-state index contributed by atoms with van der Waals surface area (Å²) in [6.45, 7) is 3.37. The van der Waals surface area contributed by atoms with Crippen molar-refractivity contribution in [3.63, 3.8) is 0 Å². The lowest BCUT2D eigenvalue weighted by Crippen LogP contribution is -2.37. The predicted molar refractivity (Wildman–Crippen MR) is 111 cm³/mol. The minimum Gasteiger partial charge on any atom is -0.449 e. The third-order valence-electron chi connectivity index (χ3n) is 5.03. The third-order valence-corrected chi connectivity index (χ3v) is 5.59. The summed E-state index contributed by atoms with van der Waals surface area (Å²) in [7, 11) is 0. The summed E-state index contributed by atoms with van der Waals surface area (Å²) < 4.78 is 5.37. The van der Waals surface area contributed by atoms with Crippen LogP contribution in [-0.2, 0) is 22.4 Å². The van der Waals surface area contributed by atoms with Crippen molar-refractivity contribution >= 4 is 35.1 Å². The van der Waals surface area contributed by atoms with Gasteiger partial charge in [0.15, 0.2) is 6.10 Å². The van der Waals surface area contributed by atoms with Crippen molar-refractivity contribution in [2.45, 2.75) is 51.7 Å². The number of benzene rings is 2. The van der Waals surface area contributed by atoms with Gasteiger partial charge in [-0.25, -0.2) is 4.79 Å². The van der Waals surface area contributed by atoms with Crippen LogP contribution in [0.1, 0.15) is 59.8 Å². The Hall–Kier alpha value is -2.04. The predicted octanol–water partition coefficient (Wildman–Crippen LogP) is 5.29. The number of carbonyl (C=O) groups is 2. The van der Waals surface area contributed by atoms with Gasteiger partial charge in [0.05, 0.1) is 11.6 Å². The number of ether oxygens (including phenoxy) is 1. The van der Waals surface area contributed by atoms with Crippen LogP contribution in [0.2, 0.25) is 10.0 Å². The fourth-order valence-corrected chi connectivity index (χ4v) is 3.98. The molecule has 3 rings (SSSR count). The lowest BCUT2D eigenvalue weighted by atomic mass is 9.90. The quantitative estimate of drug-likeness (QED) is 0.669. The van der Waals surface area contributed by atoms with Gasteiger partial charge < -0.3 is 10.1 Å². The summed E-state index contributed by atoms with van der Waals surface area (Å²) in [5, 5.41) is 3.82. The van der Waals surface area contributed by atoms with Crippen molar-refractivity contribution in [2.24, 2.45) is 0 Å². The van der Waals surface area contributed by atoms with Crippen LogP contribution in [0, 0.1) is 0 Å². The van der Waals surface area contributed by atoms with Crippen molar-refractivity contribution in [2.75, 3.05) is 0 Å². The van der Waals surface area contributed by atoms with Crippen LogP contribution in [0.25, 0.3) is 0 Å². The number of rotatable bonds is 5. The number of nitrogens with one attached hydrogen (secondary N) is 1. The molecule has 28 heavy (non-hydrogen) atoms. The number of fused-ring (bicyclic) bond motifs is 1. The van der Waals surface area contributed by atoms with E-state index in [0.717, 1.165) is 24.8 Å². The Morgan fingerprint density at radius 1 is 1.00 bits per heavy atom. The van der Waals surface area contributed by atoms with E-state index in [4.69, 9.17) is 27.9 Å². The van der Waals surface area contributed by atoms with Gasteiger partial charge >= 0.3 is 5.97 Å². The molecule has 1 aliphatic rings. The van der Waals surface area contributed by atoms with Gasteiger partial charge in [-0.2, -0.15) is 0 Å². The van der Waals surface area contributed by atoms with E-state index < -0.39 is 12.1 Å². The third kappa shape index (κ3) is 4.86. The first-order valence-corrected chi connectivity index (χ1v) is 10.2. The number of aryl methyl sites for hydroxylation is 2. The zero-order valence-corrected chi connectivity index (χ0v) is 17.4. The summed E-state index contributed by atoms with van der Waals surface area (Å²) in [4.78, 5) is 24.9. The second-order valence-electron chi connectivity index (χ2n) is 7.13. The number of hydrogen-bond acceptors (Lipinski definition) is 3. The Balaban J connectivity index is 1.61. The number of halogens is 2. The van der Waals surface area contributed by atoms with E-state index >= 15 is 0 Å². The van der Waals surface area contributed by atoms with E-state index in [1.54, 1.807) is 31.2 Å². The maximum Gasteiger partial charge on any atom is 0.338 e. The average molecular weight is 420 g/mol. The van der Waals surface area contributed by atoms with Crippen LogP contribution in [0.3, 0.4) is 0 Å². The monoisotopic (exact) mass is 419 g/mol. The van der Waals surface area contributed by atoms with Crippen LogP contribution in [0.15, 0.2) is 36.4 Å². The topological polar surface area (TPSA) is 55.4 Å². The van der Waals surface area contributed by atoms with Crippen LogP contribution in [0.5, 0.6) is 0 Å². The van der Waals surface area contributed by atoms with Crippen molar-refractivity contribution in [3.8, 4) is 0 Å². The fourth-order valence-electron chi connectivity index (χ4n) is 3.40. The van der Waals surface area contributed by atoms with Crippen molar-refractivity contribution < 1.29 is 14.3 Å². The van der Waals surface area contributed by atoms with Gasteiger partial charge in [-0.1, -0.05) is 35.3 Å². The number of hydrogen-bond donors (Lipinski definition) is 1. The molecule has 1 N–H and O–H groups in total. The molecule has 1 aliphatic carbocycles. The van der Waals surface area contributed by atoms with Crippen LogP contribution in [-0.4, -0.2) is 18.0 Å².